The molecule has 1 amide bonds. The predicted molar refractivity (Wildman–Crippen MR) is 82.1 cm³/mol. The molecule has 0 N–H and O–H groups in total. The lowest BCUT2D eigenvalue weighted by Crippen LogP contribution is -2.44. The number of aryl methyl sites for hydroxylation is 1. The first-order valence-electron chi connectivity index (χ1n) is 7.08. The molecule has 1 aromatic rings. The first-order valence-corrected chi connectivity index (χ1v) is 9.39. The van der Waals surface area contributed by atoms with Gasteiger partial charge in [0, 0.05) is 36.5 Å². The highest BCUT2D eigenvalue weighted by Gasteiger charge is 2.31. The van der Waals surface area contributed by atoms with Crippen LogP contribution in [0, 0.1) is 5.41 Å². The smallest absolute Gasteiger partial charge is 0.270 e. The molecule has 1 saturated heterocycles. The van der Waals surface area contributed by atoms with Crippen LogP contribution in [-0.2, 0) is 15.6 Å². The summed E-state index contributed by atoms with van der Waals surface area (Å²) in [5.74, 6) is -0.129. The average molecular weight is 333 g/mol. The molecular formula is C14H21ClN2O3S. The number of aromatic nitrogens is 1. The number of nitrogens with zero attached hydrogens (tertiary/aromatic N) is 2. The first kappa shape index (κ1) is 16.4. The third kappa shape index (κ3) is 3.61. The summed E-state index contributed by atoms with van der Waals surface area (Å²) in [6.45, 7) is 8.05. The number of rotatable bonds is 3. The summed E-state index contributed by atoms with van der Waals surface area (Å²) in [5.41, 5.74) is 0.480. The second kappa shape index (κ2) is 5.65. The van der Waals surface area contributed by atoms with Gasteiger partial charge in [-0.15, -0.1) is 0 Å². The van der Waals surface area contributed by atoms with Crippen LogP contribution in [0.15, 0.2) is 17.2 Å². The van der Waals surface area contributed by atoms with Crippen molar-refractivity contribution in [2.45, 2.75) is 45.1 Å². The van der Waals surface area contributed by atoms with Crippen LogP contribution in [0.3, 0.4) is 0 Å². The summed E-state index contributed by atoms with van der Waals surface area (Å²) in [7, 11) is 1.55. The number of piperidine rings is 1. The molecule has 5 nitrogen and oxygen atoms in total. The minimum Gasteiger partial charge on any atom is -0.342 e. The quantitative estimate of drug-likeness (QED) is 0.800. The molecule has 1 aliphatic rings. The summed E-state index contributed by atoms with van der Waals surface area (Å²) in [6.07, 6.45) is 3.48. The summed E-state index contributed by atoms with van der Waals surface area (Å²) in [6, 6.07) is 1.37. The van der Waals surface area contributed by atoms with Gasteiger partial charge >= 0.3 is 0 Å². The Morgan fingerprint density at radius 2 is 2.10 bits per heavy atom. The maximum Gasteiger partial charge on any atom is 0.270 e. The topological polar surface area (TPSA) is 59.4 Å². The molecule has 0 radical (unpaired) electrons. The van der Waals surface area contributed by atoms with Gasteiger partial charge in [-0.05, 0) is 31.2 Å². The maximum atomic E-state index is 12.7. The van der Waals surface area contributed by atoms with Crippen molar-refractivity contribution < 1.29 is 13.2 Å². The number of hydrogen-bond donors (Lipinski definition) is 0. The van der Waals surface area contributed by atoms with E-state index >= 15 is 0 Å². The van der Waals surface area contributed by atoms with Crippen molar-refractivity contribution in [2.24, 2.45) is 5.41 Å². The molecule has 7 heteroatoms. The third-order valence-electron chi connectivity index (χ3n) is 3.90. The van der Waals surface area contributed by atoms with E-state index in [0.717, 1.165) is 12.8 Å². The molecule has 21 heavy (non-hydrogen) atoms. The lowest BCUT2D eigenvalue weighted by Gasteiger charge is -2.38. The molecule has 0 atom stereocenters. The highest BCUT2D eigenvalue weighted by Crippen LogP contribution is 2.30. The van der Waals surface area contributed by atoms with Crippen molar-refractivity contribution in [3.05, 3.63) is 18.0 Å². The van der Waals surface area contributed by atoms with E-state index < -0.39 is 9.05 Å². The molecule has 0 aliphatic carbocycles. The van der Waals surface area contributed by atoms with Crippen LogP contribution >= 0.6 is 10.7 Å². The molecule has 1 aromatic heterocycles. The van der Waals surface area contributed by atoms with Gasteiger partial charge < -0.3 is 9.47 Å². The van der Waals surface area contributed by atoms with Crippen LogP contribution in [0.4, 0.5) is 0 Å². The number of halogens is 1. The van der Waals surface area contributed by atoms with Gasteiger partial charge in [0.15, 0.2) is 0 Å². The number of amides is 1. The van der Waals surface area contributed by atoms with Crippen LogP contribution in [0.25, 0.3) is 0 Å². The van der Waals surface area contributed by atoms with Crippen LogP contribution < -0.4 is 0 Å². The van der Waals surface area contributed by atoms with Gasteiger partial charge in [-0.25, -0.2) is 8.42 Å². The maximum absolute atomic E-state index is 12.7. The minimum atomic E-state index is -3.82. The zero-order valence-electron chi connectivity index (χ0n) is 12.6. The van der Waals surface area contributed by atoms with Crippen molar-refractivity contribution in [3.8, 4) is 0 Å². The fraction of sp³-hybridized carbons (Fsp3) is 0.643. The fourth-order valence-electron chi connectivity index (χ4n) is 2.82. The van der Waals surface area contributed by atoms with Gasteiger partial charge in [0.25, 0.3) is 15.0 Å². The highest BCUT2D eigenvalue weighted by molar-refractivity contribution is 8.13. The van der Waals surface area contributed by atoms with E-state index in [1.54, 1.807) is 9.47 Å². The third-order valence-corrected chi connectivity index (χ3v) is 5.22. The van der Waals surface area contributed by atoms with Gasteiger partial charge in [-0.2, -0.15) is 0 Å². The van der Waals surface area contributed by atoms with Crippen molar-refractivity contribution in [3.63, 3.8) is 0 Å². The first-order chi connectivity index (χ1) is 9.64. The van der Waals surface area contributed by atoms with E-state index in [-0.39, 0.29) is 16.2 Å². The van der Waals surface area contributed by atoms with Crippen molar-refractivity contribution in [2.75, 3.05) is 13.1 Å². The van der Waals surface area contributed by atoms with Gasteiger partial charge in [-0.3, -0.25) is 4.79 Å². The van der Waals surface area contributed by atoms with Crippen LogP contribution in [-0.4, -0.2) is 36.9 Å². The number of carbonyl (C=O) groups excluding carboxylic acids is 1. The van der Waals surface area contributed by atoms with E-state index in [0.29, 0.717) is 25.3 Å². The van der Waals surface area contributed by atoms with Gasteiger partial charge in [0.05, 0.1) is 0 Å². The molecule has 0 saturated carbocycles. The molecule has 118 valence electrons. The normalized spacial score (nSPS) is 18.8. The average Bonchev–Trinajstić information content (AvgIpc) is 2.80. The Kier molecular flexibility index (Phi) is 4.40. The van der Waals surface area contributed by atoms with Gasteiger partial charge in [0.2, 0.25) is 0 Å². The predicted octanol–water partition coefficient (Wildman–Crippen LogP) is 2.70. The number of likely N-dealkylation sites (tertiary alicyclic amines) is 1. The molecule has 0 aromatic carbocycles. The number of hydrogen-bond acceptors (Lipinski definition) is 3. The van der Waals surface area contributed by atoms with Crippen LogP contribution in [0.5, 0.6) is 0 Å². The Bertz CT molecular complexity index is 649. The Hall–Kier alpha value is -1.01. The Labute approximate surface area is 130 Å². The van der Waals surface area contributed by atoms with E-state index in [1.165, 1.54) is 12.3 Å². The van der Waals surface area contributed by atoms with E-state index in [1.807, 2.05) is 6.92 Å². The SMILES string of the molecule is CCn1cc(S(=O)(=O)Cl)cc1C(=O)N1CCCC(C)(C)C1. The molecule has 1 aliphatic heterocycles. The zero-order chi connectivity index (χ0) is 15.8. The minimum absolute atomic E-state index is 0.0226. The molecule has 2 heterocycles. The lowest BCUT2D eigenvalue weighted by atomic mass is 9.84. The van der Waals surface area contributed by atoms with Gasteiger partial charge in [0.1, 0.15) is 10.6 Å². The monoisotopic (exact) mass is 332 g/mol. The van der Waals surface area contributed by atoms with E-state index in [9.17, 15) is 13.2 Å². The second-order valence-corrected chi connectivity index (χ2v) is 8.85. The summed E-state index contributed by atoms with van der Waals surface area (Å²) in [4.78, 5) is 14.5. The molecule has 0 spiro atoms. The van der Waals surface area contributed by atoms with E-state index in [4.69, 9.17) is 10.7 Å². The second-order valence-electron chi connectivity index (χ2n) is 6.28. The van der Waals surface area contributed by atoms with Crippen LogP contribution in [0.2, 0.25) is 0 Å². The molecule has 0 unspecified atom stereocenters. The summed E-state index contributed by atoms with van der Waals surface area (Å²) < 4.78 is 24.5. The molecular weight excluding hydrogens is 312 g/mol. The van der Waals surface area contributed by atoms with Crippen molar-refractivity contribution in [1.82, 2.24) is 9.47 Å². The lowest BCUT2D eigenvalue weighted by molar-refractivity contribution is 0.0573. The summed E-state index contributed by atoms with van der Waals surface area (Å²) in [5, 5.41) is 0. The molecule has 0 bridgehead atoms. The number of carbonyl (C=O) groups is 1. The van der Waals surface area contributed by atoms with E-state index in [2.05, 4.69) is 13.8 Å². The van der Waals surface area contributed by atoms with Crippen molar-refractivity contribution >= 4 is 25.6 Å². The standard InChI is InChI=1S/C14H21ClN2O3S/c1-4-16-9-11(21(15,19)20)8-12(16)13(18)17-7-5-6-14(2,3)10-17/h8-9H,4-7,10H2,1-3H3. The Balaban J connectivity index is 2.33. The van der Waals surface area contributed by atoms with Gasteiger partial charge in [-0.1, -0.05) is 13.8 Å². The molecule has 2 rings (SSSR count). The Morgan fingerprint density at radius 1 is 1.43 bits per heavy atom. The van der Waals surface area contributed by atoms with Crippen molar-refractivity contribution in [1.29, 1.82) is 0 Å². The van der Waals surface area contributed by atoms with Crippen LogP contribution in [0.1, 0.15) is 44.1 Å². The Morgan fingerprint density at radius 3 is 2.62 bits per heavy atom. The zero-order valence-corrected chi connectivity index (χ0v) is 14.2. The fourth-order valence-corrected chi connectivity index (χ4v) is 3.57. The summed E-state index contributed by atoms with van der Waals surface area (Å²) >= 11 is 0. The largest absolute Gasteiger partial charge is 0.342 e. The highest BCUT2D eigenvalue weighted by atomic mass is 35.7. The molecule has 1 fully saturated rings.